The van der Waals surface area contributed by atoms with Crippen LogP contribution in [0.25, 0.3) is 0 Å². The van der Waals surface area contributed by atoms with Crippen molar-refractivity contribution in [3.8, 4) is 5.75 Å². The Bertz CT molecular complexity index is 706. The molecule has 9 heteroatoms. The van der Waals surface area contributed by atoms with E-state index < -0.39 is 22.3 Å². The molecule has 0 spiro atoms. The van der Waals surface area contributed by atoms with E-state index in [2.05, 4.69) is 10.6 Å². The molecule has 9 nitrogen and oxygen atoms in total. The van der Waals surface area contributed by atoms with Crippen LogP contribution in [0.2, 0.25) is 0 Å². The molecule has 1 fully saturated rings. The van der Waals surface area contributed by atoms with Gasteiger partial charge in [0.05, 0.1) is 4.92 Å². The molecule has 1 heterocycles. The Balaban J connectivity index is 1.89. The largest absolute Gasteiger partial charge is 0.502 e. The predicted octanol–water partition coefficient (Wildman–Crippen LogP) is 2.00. The molecule has 0 radical (unpaired) electrons. The van der Waals surface area contributed by atoms with E-state index in [0.717, 1.165) is 12.1 Å². The highest BCUT2D eigenvalue weighted by Gasteiger charge is 2.26. The van der Waals surface area contributed by atoms with E-state index in [1.807, 2.05) is 20.8 Å². The maximum Gasteiger partial charge on any atom is 0.317 e. The number of nitrogens with one attached hydrogen (secondary N) is 2. The van der Waals surface area contributed by atoms with Crippen molar-refractivity contribution in [2.45, 2.75) is 45.2 Å². The number of likely N-dealkylation sites (tertiary alicyclic amines) is 1. The van der Waals surface area contributed by atoms with Crippen LogP contribution in [0.1, 0.15) is 44.0 Å². The number of aromatic hydroxyl groups is 1. The molecule has 0 bridgehead atoms. The van der Waals surface area contributed by atoms with Gasteiger partial charge in [0.2, 0.25) is 0 Å². The minimum Gasteiger partial charge on any atom is -0.502 e. The fourth-order valence-electron chi connectivity index (χ4n) is 2.71. The SMILES string of the molecule is CC(C)(C)NC(=O)N1CCC(NC(=O)c2ccc([N+](=O)[O-])c(O)c2)CC1. The van der Waals surface area contributed by atoms with Gasteiger partial charge in [-0.25, -0.2) is 4.79 Å². The van der Waals surface area contributed by atoms with Crippen LogP contribution in [0.5, 0.6) is 5.75 Å². The number of phenols is 1. The lowest BCUT2D eigenvalue weighted by molar-refractivity contribution is -0.385. The Labute approximate surface area is 151 Å². The van der Waals surface area contributed by atoms with E-state index in [4.69, 9.17) is 0 Å². The lowest BCUT2D eigenvalue weighted by atomic mass is 10.0. The molecule has 0 aliphatic carbocycles. The fourth-order valence-corrected chi connectivity index (χ4v) is 2.71. The number of phenolic OH excluding ortho intramolecular Hbond substituents is 1. The monoisotopic (exact) mass is 364 g/mol. The van der Waals surface area contributed by atoms with E-state index in [-0.39, 0.29) is 23.2 Å². The Hall–Kier alpha value is -2.84. The normalized spacial score (nSPS) is 15.4. The van der Waals surface area contributed by atoms with Gasteiger partial charge in [0.15, 0.2) is 5.75 Å². The maximum absolute atomic E-state index is 12.3. The summed E-state index contributed by atoms with van der Waals surface area (Å²) in [4.78, 5) is 36.1. The standard InChI is InChI=1S/C17H24N4O5/c1-17(2,3)19-16(24)20-8-6-12(7-9-20)18-15(23)11-4-5-13(21(25)26)14(22)10-11/h4-5,10,12,22H,6-9H2,1-3H3,(H,18,23)(H,19,24). The van der Waals surface area contributed by atoms with Crippen LogP contribution in [0, 0.1) is 10.1 Å². The third-order valence-corrected chi connectivity index (χ3v) is 4.03. The molecular formula is C17H24N4O5. The molecule has 1 aromatic rings. The van der Waals surface area contributed by atoms with Gasteiger partial charge in [0.25, 0.3) is 5.91 Å². The number of rotatable bonds is 3. The van der Waals surface area contributed by atoms with E-state index >= 15 is 0 Å². The number of hydrogen-bond donors (Lipinski definition) is 3. The number of benzene rings is 1. The zero-order valence-electron chi connectivity index (χ0n) is 15.1. The first-order chi connectivity index (χ1) is 12.1. The molecule has 26 heavy (non-hydrogen) atoms. The van der Waals surface area contributed by atoms with E-state index in [9.17, 15) is 24.8 Å². The second-order valence-corrected chi connectivity index (χ2v) is 7.38. The van der Waals surface area contributed by atoms with E-state index in [1.54, 1.807) is 4.90 Å². The zero-order valence-corrected chi connectivity index (χ0v) is 15.1. The smallest absolute Gasteiger partial charge is 0.317 e. The summed E-state index contributed by atoms with van der Waals surface area (Å²) in [5.41, 5.74) is -0.596. The summed E-state index contributed by atoms with van der Waals surface area (Å²) in [7, 11) is 0. The topological polar surface area (TPSA) is 125 Å². The summed E-state index contributed by atoms with van der Waals surface area (Å²) in [5.74, 6) is -0.955. The Morgan fingerprint density at radius 3 is 2.38 bits per heavy atom. The summed E-state index contributed by atoms with van der Waals surface area (Å²) in [5, 5.41) is 26.1. The van der Waals surface area contributed by atoms with E-state index in [1.165, 1.54) is 6.07 Å². The summed E-state index contributed by atoms with van der Waals surface area (Å²) in [6, 6.07) is 3.27. The number of nitrogens with zero attached hydrogens (tertiary/aromatic N) is 2. The van der Waals surface area contributed by atoms with Crippen molar-refractivity contribution in [3.05, 3.63) is 33.9 Å². The van der Waals surface area contributed by atoms with Gasteiger partial charge in [0.1, 0.15) is 0 Å². The molecule has 3 N–H and O–H groups in total. The molecule has 3 amide bonds. The molecule has 2 rings (SSSR count). The van der Waals surface area contributed by atoms with Gasteiger partial charge in [0, 0.05) is 36.3 Å². The van der Waals surface area contributed by atoms with Crippen molar-refractivity contribution in [3.63, 3.8) is 0 Å². The number of nitro groups is 1. The van der Waals surface area contributed by atoms with Crippen LogP contribution in [0.15, 0.2) is 18.2 Å². The minimum absolute atomic E-state index is 0.0986. The van der Waals surface area contributed by atoms with Gasteiger partial charge in [-0.3, -0.25) is 14.9 Å². The molecule has 0 unspecified atom stereocenters. The second kappa shape index (κ2) is 7.59. The molecule has 1 saturated heterocycles. The Morgan fingerprint density at radius 1 is 1.27 bits per heavy atom. The average molecular weight is 364 g/mol. The van der Waals surface area contributed by atoms with Crippen molar-refractivity contribution >= 4 is 17.6 Å². The number of amides is 3. The number of piperidine rings is 1. The summed E-state index contributed by atoms with van der Waals surface area (Å²) >= 11 is 0. The van der Waals surface area contributed by atoms with E-state index in [0.29, 0.717) is 25.9 Å². The maximum atomic E-state index is 12.3. The minimum atomic E-state index is -0.713. The summed E-state index contributed by atoms with van der Waals surface area (Å²) in [6.45, 7) is 6.79. The average Bonchev–Trinajstić information content (AvgIpc) is 2.53. The Morgan fingerprint density at radius 2 is 1.88 bits per heavy atom. The number of nitro benzene ring substituents is 1. The van der Waals surface area contributed by atoms with Crippen LogP contribution in [0.3, 0.4) is 0 Å². The van der Waals surface area contributed by atoms with Crippen LogP contribution >= 0.6 is 0 Å². The van der Waals surface area contributed by atoms with Crippen molar-refractivity contribution < 1.29 is 19.6 Å². The molecule has 1 aromatic carbocycles. The number of urea groups is 1. The van der Waals surface area contributed by atoms with Crippen LogP contribution in [0.4, 0.5) is 10.5 Å². The van der Waals surface area contributed by atoms with Crippen molar-refractivity contribution in [1.29, 1.82) is 0 Å². The van der Waals surface area contributed by atoms with Gasteiger partial charge in [-0.2, -0.15) is 0 Å². The molecule has 0 saturated carbocycles. The highest BCUT2D eigenvalue weighted by Crippen LogP contribution is 2.26. The van der Waals surface area contributed by atoms with Crippen molar-refractivity contribution in [2.75, 3.05) is 13.1 Å². The first-order valence-corrected chi connectivity index (χ1v) is 8.42. The summed E-state index contributed by atoms with van der Waals surface area (Å²) in [6.07, 6.45) is 1.23. The van der Waals surface area contributed by atoms with Crippen LogP contribution < -0.4 is 10.6 Å². The van der Waals surface area contributed by atoms with Gasteiger partial charge in [-0.1, -0.05) is 0 Å². The third-order valence-electron chi connectivity index (χ3n) is 4.03. The lowest BCUT2D eigenvalue weighted by Crippen LogP contribution is -2.53. The molecular weight excluding hydrogens is 340 g/mol. The fraction of sp³-hybridized carbons (Fsp3) is 0.529. The van der Waals surface area contributed by atoms with Crippen LogP contribution in [-0.2, 0) is 0 Å². The highest BCUT2D eigenvalue weighted by molar-refractivity contribution is 5.95. The quantitative estimate of drug-likeness (QED) is 0.559. The first kappa shape index (κ1) is 19.5. The van der Waals surface area contributed by atoms with Gasteiger partial charge >= 0.3 is 11.7 Å². The second-order valence-electron chi connectivity index (χ2n) is 7.38. The van der Waals surface area contributed by atoms with Crippen molar-refractivity contribution in [2.24, 2.45) is 0 Å². The van der Waals surface area contributed by atoms with Gasteiger partial charge in [-0.15, -0.1) is 0 Å². The van der Waals surface area contributed by atoms with Gasteiger partial charge < -0.3 is 20.6 Å². The molecule has 0 atom stereocenters. The highest BCUT2D eigenvalue weighted by atomic mass is 16.6. The molecule has 0 aromatic heterocycles. The lowest BCUT2D eigenvalue weighted by Gasteiger charge is -2.34. The third kappa shape index (κ3) is 5.08. The predicted molar refractivity (Wildman–Crippen MR) is 95.1 cm³/mol. The number of carbonyl (C=O) groups is 2. The number of hydrogen-bond acceptors (Lipinski definition) is 5. The molecule has 1 aliphatic heterocycles. The Kier molecular flexibility index (Phi) is 5.69. The first-order valence-electron chi connectivity index (χ1n) is 8.42. The summed E-state index contributed by atoms with van der Waals surface area (Å²) < 4.78 is 0. The van der Waals surface area contributed by atoms with Crippen LogP contribution in [-0.4, -0.2) is 51.5 Å². The molecule has 142 valence electrons. The van der Waals surface area contributed by atoms with Crippen molar-refractivity contribution in [1.82, 2.24) is 15.5 Å². The number of carbonyl (C=O) groups excluding carboxylic acids is 2. The zero-order chi connectivity index (χ0) is 19.5. The molecule has 1 aliphatic rings. The van der Waals surface area contributed by atoms with Gasteiger partial charge in [-0.05, 0) is 45.7 Å².